The van der Waals surface area contributed by atoms with Crippen LogP contribution in [-0.4, -0.2) is 42.8 Å². The predicted molar refractivity (Wildman–Crippen MR) is 78.4 cm³/mol. The number of carbonyl (C=O) groups excluding carboxylic acids is 1. The van der Waals surface area contributed by atoms with Crippen molar-refractivity contribution in [2.45, 2.75) is 70.9 Å². The average Bonchev–Trinajstić information content (AvgIpc) is 2.56. The van der Waals surface area contributed by atoms with Crippen LogP contribution in [0.5, 0.6) is 0 Å². The maximum atomic E-state index is 12.4. The fraction of sp³-hybridized carbons (Fsp3) is 0.933. The standard InChI is InChI=1S/C15H30N2O2/c1-15(2,3)19-14(18)17(12-11-16-4)13-9-7-5-6-8-10-13/h13,16H,5-12H2,1-4H3. The SMILES string of the molecule is CNCCN(C(=O)OC(C)(C)C)C1CCCCCC1. The molecule has 0 aromatic rings. The van der Waals surface area contributed by atoms with Crippen molar-refractivity contribution < 1.29 is 9.53 Å². The van der Waals surface area contributed by atoms with Gasteiger partial charge in [0.25, 0.3) is 0 Å². The molecule has 4 heteroatoms. The third-order valence-electron chi connectivity index (χ3n) is 3.50. The van der Waals surface area contributed by atoms with Gasteiger partial charge in [0.2, 0.25) is 0 Å². The third kappa shape index (κ3) is 6.28. The first-order valence-corrected chi connectivity index (χ1v) is 7.58. The first kappa shape index (κ1) is 16.3. The molecule has 0 spiro atoms. The van der Waals surface area contributed by atoms with Crippen LogP contribution < -0.4 is 5.32 Å². The molecule has 0 unspecified atom stereocenters. The maximum Gasteiger partial charge on any atom is 0.410 e. The molecule has 1 amide bonds. The first-order valence-electron chi connectivity index (χ1n) is 7.58. The van der Waals surface area contributed by atoms with E-state index in [4.69, 9.17) is 4.74 Å². The first-order chi connectivity index (χ1) is 8.94. The topological polar surface area (TPSA) is 41.6 Å². The van der Waals surface area contributed by atoms with E-state index in [1.165, 1.54) is 25.7 Å². The largest absolute Gasteiger partial charge is 0.444 e. The van der Waals surface area contributed by atoms with Gasteiger partial charge in [0.15, 0.2) is 0 Å². The van der Waals surface area contributed by atoms with E-state index < -0.39 is 5.60 Å². The van der Waals surface area contributed by atoms with Gasteiger partial charge in [-0.1, -0.05) is 25.7 Å². The normalized spacial score (nSPS) is 17.9. The number of ether oxygens (including phenoxy) is 1. The zero-order valence-electron chi connectivity index (χ0n) is 13.0. The second kappa shape index (κ2) is 7.73. The summed E-state index contributed by atoms with van der Waals surface area (Å²) >= 11 is 0. The number of hydrogen-bond donors (Lipinski definition) is 1. The third-order valence-corrected chi connectivity index (χ3v) is 3.50. The number of amides is 1. The van der Waals surface area contributed by atoms with E-state index in [1.54, 1.807) is 0 Å². The Hall–Kier alpha value is -0.770. The summed E-state index contributed by atoms with van der Waals surface area (Å²) in [5, 5.41) is 3.12. The van der Waals surface area contributed by atoms with E-state index in [9.17, 15) is 4.79 Å². The number of likely N-dealkylation sites (N-methyl/N-ethyl adjacent to an activating group) is 1. The van der Waals surface area contributed by atoms with Crippen LogP contribution in [0.1, 0.15) is 59.3 Å². The molecule has 0 atom stereocenters. The molecule has 1 aliphatic carbocycles. The molecule has 1 aliphatic rings. The average molecular weight is 270 g/mol. The Labute approximate surface area is 117 Å². The molecular formula is C15H30N2O2. The van der Waals surface area contributed by atoms with Crippen LogP contribution in [0.2, 0.25) is 0 Å². The van der Waals surface area contributed by atoms with Crippen LogP contribution in [-0.2, 0) is 4.74 Å². The molecule has 1 N–H and O–H groups in total. The van der Waals surface area contributed by atoms with Crippen molar-refractivity contribution in [1.82, 2.24) is 10.2 Å². The molecule has 0 aromatic carbocycles. The lowest BCUT2D eigenvalue weighted by atomic mass is 10.1. The van der Waals surface area contributed by atoms with E-state index in [0.717, 1.165) is 25.9 Å². The summed E-state index contributed by atoms with van der Waals surface area (Å²) in [6, 6.07) is 0.352. The predicted octanol–water partition coefficient (Wildman–Crippen LogP) is 3.17. The summed E-state index contributed by atoms with van der Waals surface area (Å²) in [5.74, 6) is 0. The molecule has 112 valence electrons. The Balaban J connectivity index is 2.65. The van der Waals surface area contributed by atoms with Crippen LogP contribution in [0.25, 0.3) is 0 Å². The highest BCUT2D eigenvalue weighted by Crippen LogP contribution is 2.23. The summed E-state index contributed by atoms with van der Waals surface area (Å²) in [4.78, 5) is 14.3. The Morgan fingerprint density at radius 3 is 2.26 bits per heavy atom. The van der Waals surface area contributed by atoms with Gasteiger partial charge in [0.05, 0.1) is 0 Å². The zero-order valence-corrected chi connectivity index (χ0v) is 13.0. The van der Waals surface area contributed by atoms with Gasteiger partial charge in [-0.3, -0.25) is 0 Å². The Morgan fingerprint density at radius 1 is 1.21 bits per heavy atom. The van der Waals surface area contributed by atoms with Crippen LogP contribution in [0, 0.1) is 0 Å². The van der Waals surface area contributed by atoms with E-state index in [-0.39, 0.29) is 6.09 Å². The highest BCUT2D eigenvalue weighted by Gasteiger charge is 2.28. The monoisotopic (exact) mass is 270 g/mol. The lowest BCUT2D eigenvalue weighted by Crippen LogP contribution is -2.45. The Kier molecular flexibility index (Phi) is 6.63. The van der Waals surface area contributed by atoms with Crippen LogP contribution in [0.4, 0.5) is 4.79 Å². The molecule has 4 nitrogen and oxygen atoms in total. The van der Waals surface area contributed by atoms with Crippen molar-refractivity contribution in [2.75, 3.05) is 20.1 Å². The highest BCUT2D eigenvalue weighted by molar-refractivity contribution is 5.68. The molecule has 0 aromatic heterocycles. The molecule has 0 radical (unpaired) electrons. The van der Waals surface area contributed by atoms with Crippen molar-refractivity contribution in [2.24, 2.45) is 0 Å². The number of carbonyl (C=O) groups is 1. The molecule has 19 heavy (non-hydrogen) atoms. The number of hydrogen-bond acceptors (Lipinski definition) is 3. The van der Waals surface area contributed by atoms with Crippen LogP contribution >= 0.6 is 0 Å². The molecule has 0 bridgehead atoms. The van der Waals surface area contributed by atoms with Crippen molar-refractivity contribution in [1.29, 1.82) is 0 Å². The molecule has 0 heterocycles. The van der Waals surface area contributed by atoms with Crippen molar-refractivity contribution in [3.63, 3.8) is 0 Å². The minimum absolute atomic E-state index is 0.158. The summed E-state index contributed by atoms with van der Waals surface area (Å²) in [6.45, 7) is 7.32. The molecule has 1 rings (SSSR count). The van der Waals surface area contributed by atoms with E-state index >= 15 is 0 Å². The quantitative estimate of drug-likeness (QED) is 0.798. The van der Waals surface area contributed by atoms with Gasteiger partial charge < -0.3 is 15.0 Å². The van der Waals surface area contributed by atoms with Gasteiger partial charge in [-0.2, -0.15) is 0 Å². The van der Waals surface area contributed by atoms with Gasteiger partial charge in [0.1, 0.15) is 5.60 Å². The van der Waals surface area contributed by atoms with Gasteiger partial charge in [-0.15, -0.1) is 0 Å². The summed E-state index contributed by atoms with van der Waals surface area (Å²) < 4.78 is 5.55. The van der Waals surface area contributed by atoms with E-state index in [1.807, 2.05) is 32.7 Å². The molecule has 0 aliphatic heterocycles. The lowest BCUT2D eigenvalue weighted by Gasteiger charge is -2.33. The second-order valence-corrected chi connectivity index (χ2v) is 6.42. The van der Waals surface area contributed by atoms with Crippen molar-refractivity contribution >= 4 is 6.09 Å². The van der Waals surface area contributed by atoms with Crippen LogP contribution in [0.15, 0.2) is 0 Å². The highest BCUT2D eigenvalue weighted by atomic mass is 16.6. The summed E-state index contributed by atoms with van der Waals surface area (Å²) in [6.07, 6.45) is 7.11. The van der Waals surface area contributed by atoms with Gasteiger partial charge in [-0.25, -0.2) is 4.79 Å². The van der Waals surface area contributed by atoms with Gasteiger partial charge in [-0.05, 0) is 40.7 Å². The Bertz CT molecular complexity index is 266. The summed E-state index contributed by atoms with van der Waals surface area (Å²) in [5.41, 5.74) is -0.417. The number of rotatable bonds is 4. The molecular weight excluding hydrogens is 240 g/mol. The van der Waals surface area contributed by atoms with Gasteiger partial charge >= 0.3 is 6.09 Å². The smallest absolute Gasteiger partial charge is 0.410 e. The van der Waals surface area contributed by atoms with Crippen LogP contribution in [0.3, 0.4) is 0 Å². The molecule has 0 saturated heterocycles. The van der Waals surface area contributed by atoms with E-state index in [2.05, 4.69) is 5.32 Å². The minimum atomic E-state index is -0.417. The Morgan fingerprint density at radius 2 is 1.79 bits per heavy atom. The maximum absolute atomic E-state index is 12.4. The second-order valence-electron chi connectivity index (χ2n) is 6.42. The minimum Gasteiger partial charge on any atom is -0.444 e. The van der Waals surface area contributed by atoms with Crippen molar-refractivity contribution in [3.8, 4) is 0 Å². The summed E-state index contributed by atoms with van der Waals surface area (Å²) in [7, 11) is 1.92. The zero-order chi connectivity index (χ0) is 14.3. The fourth-order valence-electron chi connectivity index (χ4n) is 2.55. The van der Waals surface area contributed by atoms with Crippen molar-refractivity contribution in [3.05, 3.63) is 0 Å². The van der Waals surface area contributed by atoms with Gasteiger partial charge in [0, 0.05) is 19.1 Å². The molecule has 1 saturated carbocycles. The fourth-order valence-corrected chi connectivity index (χ4v) is 2.55. The molecule has 1 fully saturated rings. The lowest BCUT2D eigenvalue weighted by molar-refractivity contribution is 0.0148. The number of nitrogens with one attached hydrogen (secondary N) is 1. The van der Waals surface area contributed by atoms with E-state index in [0.29, 0.717) is 6.04 Å². The number of nitrogens with zero attached hydrogens (tertiary/aromatic N) is 1.